The number of esters is 1. The van der Waals surface area contributed by atoms with E-state index >= 15 is 0 Å². The Morgan fingerprint density at radius 1 is 1.19 bits per heavy atom. The normalized spacial score (nSPS) is 35.6. The van der Waals surface area contributed by atoms with E-state index in [4.69, 9.17) is 9.47 Å². The molecule has 5 atom stereocenters. The van der Waals surface area contributed by atoms with Crippen LogP contribution >= 0.6 is 22.6 Å². The van der Waals surface area contributed by atoms with Crippen molar-refractivity contribution in [1.29, 1.82) is 0 Å². The van der Waals surface area contributed by atoms with Gasteiger partial charge in [-0.3, -0.25) is 0 Å². The predicted octanol–water partition coefficient (Wildman–Crippen LogP) is 5.72. The van der Waals surface area contributed by atoms with Gasteiger partial charge in [-0.15, -0.1) is 0 Å². The van der Waals surface area contributed by atoms with Crippen LogP contribution < -0.4 is 0 Å². The molecule has 5 heteroatoms. The Labute approximate surface area is 177 Å². The van der Waals surface area contributed by atoms with Crippen LogP contribution in [0.1, 0.15) is 59.8 Å². The second-order valence-corrected chi connectivity index (χ2v) is 9.68. The van der Waals surface area contributed by atoms with E-state index in [1.807, 2.05) is 13.0 Å². The Balaban J connectivity index is 2.07. The van der Waals surface area contributed by atoms with Gasteiger partial charge in [0.1, 0.15) is 0 Å². The van der Waals surface area contributed by atoms with Crippen LogP contribution in [-0.4, -0.2) is 31.1 Å². The molecule has 0 saturated carbocycles. The maximum absolute atomic E-state index is 11.4. The molecule has 2 saturated heterocycles. The Hall–Kier alpha value is -0.660. The Kier molecular flexibility index (Phi) is 8.56. The van der Waals surface area contributed by atoms with Gasteiger partial charge in [0.15, 0.2) is 5.79 Å². The van der Waals surface area contributed by atoms with Gasteiger partial charge in [0.25, 0.3) is 0 Å². The number of ether oxygens (including phenoxy) is 3. The van der Waals surface area contributed by atoms with Crippen LogP contribution in [0.3, 0.4) is 0 Å². The number of carbonyl (C=O) groups is 1. The van der Waals surface area contributed by atoms with Crippen molar-refractivity contribution in [1.82, 2.24) is 0 Å². The average Bonchev–Trinajstić information content (AvgIpc) is 2.63. The molecule has 1 spiro atoms. The highest BCUT2D eigenvalue weighted by molar-refractivity contribution is 14.1. The molecule has 0 aliphatic carbocycles. The molecular weight excluding hydrogens is 455 g/mol. The van der Waals surface area contributed by atoms with Gasteiger partial charge in [-0.2, -0.15) is 0 Å². The third kappa shape index (κ3) is 6.71. The van der Waals surface area contributed by atoms with Crippen molar-refractivity contribution in [3.8, 4) is 0 Å². The van der Waals surface area contributed by atoms with Gasteiger partial charge in [-0.25, -0.2) is 4.79 Å². The SMILES string of the molecule is COC(=O)/C=C(C)/C=C/[C@@H]1O[C@@]2(CC[C@@H]1C)CC[C@H](C)[C@@H](C/C=C(\C)I)O2. The zero-order chi connectivity index (χ0) is 20.0. The maximum atomic E-state index is 11.4. The molecule has 0 unspecified atom stereocenters. The minimum atomic E-state index is -0.467. The van der Waals surface area contributed by atoms with Crippen LogP contribution in [0.25, 0.3) is 0 Å². The summed E-state index contributed by atoms with van der Waals surface area (Å²) in [7, 11) is 1.39. The summed E-state index contributed by atoms with van der Waals surface area (Å²) in [5, 5.41) is 0. The first-order valence-corrected chi connectivity index (χ1v) is 10.9. The molecule has 152 valence electrons. The van der Waals surface area contributed by atoms with Gasteiger partial charge in [-0.1, -0.05) is 32.1 Å². The third-order valence-electron chi connectivity index (χ3n) is 5.60. The lowest BCUT2D eigenvalue weighted by molar-refractivity contribution is -0.323. The van der Waals surface area contributed by atoms with Crippen molar-refractivity contribution in [2.45, 2.75) is 77.8 Å². The van der Waals surface area contributed by atoms with Crippen LogP contribution in [0.4, 0.5) is 0 Å². The fourth-order valence-electron chi connectivity index (χ4n) is 3.72. The number of methoxy groups -OCH3 is 1. The molecule has 0 N–H and O–H groups in total. The zero-order valence-corrected chi connectivity index (χ0v) is 19.3. The summed E-state index contributed by atoms with van der Waals surface area (Å²) in [6, 6.07) is 0. The average molecular weight is 488 g/mol. The molecule has 4 nitrogen and oxygen atoms in total. The summed E-state index contributed by atoms with van der Waals surface area (Å²) in [4.78, 5) is 11.4. The first-order valence-electron chi connectivity index (χ1n) is 9.87. The van der Waals surface area contributed by atoms with E-state index in [0.29, 0.717) is 11.8 Å². The fraction of sp³-hybridized carbons (Fsp3) is 0.682. The van der Waals surface area contributed by atoms with Crippen LogP contribution in [0.2, 0.25) is 0 Å². The monoisotopic (exact) mass is 488 g/mol. The molecule has 0 aromatic rings. The quantitative estimate of drug-likeness (QED) is 0.215. The first-order chi connectivity index (χ1) is 12.7. The Morgan fingerprint density at radius 3 is 2.48 bits per heavy atom. The fourth-order valence-corrected chi connectivity index (χ4v) is 3.97. The molecule has 0 radical (unpaired) electrons. The van der Waals surface area contributed by atoms with Crippen LogP contribution in [0, 0.1) is 11.8 Å². The molecule has 2 aliphatic rings. The molecule has 0 bridgehead atoms. The van der Waals surface area contributed by atoms with E-state index in [2.05, 4.69) is 60.3 Å². The van der Waals surface area contributed by atoms with Gasteiger partial charge in [0, 0.05) is 18.9 Å². The highest BCUT2D eigenvalue weighted by atomic mass is 127. The largest absolute Gasteiger partial charge is 0.466 e. The smallest absolute Gasteiger partial charge is 0.330 e. The number of halogens is 1. The summed E-state index contributed by atoms with van der Waals surface area (Å²) < 4.78 is 19.1. The molecule has 2 aliphatic heterocycles. The molecule has 2 rings (SSSR count). The number of hydrogen-bond acceptors (Lipinski definition) is 4. The number of rotatable bonds is 5. The topological polar surface area (TPSA) is 44.8 Å². The predicted molar refractivity (Wildman–Crippen MR) is 117 cm³/mol. The molecule has 2 fully saturated rings. The molecule has 0 amide bonds. The van der Waals surface area contributed by atoms with Gasteiger partial charge in [0.05, 0.1) is 19.3 Å². The summed E-state index contributed by atoms with van der Waals surface area (Å²) in [6.07, 6.45) is 13.0. The molecule has 0 aromatic heterocycles. The van der Waals surface area contributed by atoms with Crippen LogP contribution in [-0.2, 0) is 19.0 Å². The Morgan fingerprint density at radius 2 is 1.85 bits per heavy atom. The second-order valence-electron chi connectivity index (χ2n) is 7.98. The maximum Gasteiger partial charge on any atom is 0.330 e. The van der Waals surface area contributed by atoms with E-state index in [9.17, 15) is 4.79 Å². The highest BCUT2D eigenvalue weighted by Crippen LogP contribution is 2.43. The summed E-state index contributed by atoms with van der Waals surface area (Å²) in [5.74, 6) is 0.170. The van der Waals surface area contributed by atoms with Crippen molar-refractivity contribution in [2.24, 2.45) is 11.8 Å². The molecule has 2 heterocycles. The molecule has 0 aromatic carbocycles. The van der Waals surface area contributed by atoms with Crippen molar-refractivity contribution in [3.63, 3.8) is 0 Å². The highest BCUT2D eigenvalue weighted by Gasteiger charge is 2.45. The van der Waals surface area contributed by atoms with Crippen molar-refractivity contribution < 1.29 is 19.0 Å². The minimum Gasteiger partial charge on any atom is -0.466 e. The van der Waals surface area contributed by atoms with E-state index in [1.54, 1.807) is 0 Å². The molecule has 27 heavy (non-hydrogen) atoms. The van der Waals surface area contributed by atoms with Crippen molar-refractivity contribution in [2.75, 3.05) is 7.11 Å². The lowest BCUT2D eigenvalue weighted by atomic mass is 9.83. The summed E-state index contributed by atoms with van der Waals surface area (Å²) >= 11 is 2.35. The van der Waals surface area contributed by atoms with Gasteiger partial charge in [0.2, 0.25) is 0 Å². The van der Waals surface area contributed by atoms with E-state index in [0.717, 1.165) is 37.7 Å². The minimum absolute atomic E-state index is 0.00402. The Bertz CT molecular complexity index is 601. The van der Waals surface area contributed by atoms with Crippen molar-refractivity contribution in [3.05, 3.63) is 33.5 Å². The van der Waals surface area contributed by atoms with E-state index in [-0.39, 0.29) is 18.2 Å². The van der Waals surface area contributed by atoms with Gasteiger partial charge < -0.3 is 14.2 Å². The standard InChI is InChI=1S/C22H33IO4/c1-15(14-21(24)25-5)6-8-19-16(2)10-12-22(26-19)13-11-17(3)20(27-22)9-7-18(4)23/h6-8,14,16-17,19-20H,9-13H2,1-5H3/b8-6+,15-14+,18-7+/t16-,17-,19-,20+,22+/m0/s1. The number of carbonyl (C=O) groups excluding carboxylic acids is 1. The van der Waals surface area contributed by atoms with Gasteiger partial charge >= 0.3 is 5.97 Å². The van der Waals surface area contributed by atoms with E-state index < -0.39 is 5.79 Å². The zero-order valence-electron chi connectivity index (χ0n) is 17.2. The lowest BCUT2D eigenvalue weighted by Gasteiger charge is -2.49. The number of hydrogen-bond donors (Lipinski definition) is 0. The van der Waals surface area contributed by atoms with E-state index in [1.165, 1.54) is 16.8 Å². The van der Waals surface area contributed by atoms with Crippen molar-refractivity contribution >= 4 is 28.6 Å². The van der Waals surface area contributed by atoms with Crippen LogP contribution in [0.15, 0.2) is 33.5 Å². The lowest BCUT2D eigenvalue weighted by Crippen LogP contribution is -2.51. The summed E-state index contributed by atoms with van der Waals surface area (Å²) in [5.41, 5.74) is 0.857. The first kappa shape index (κ1) is 22.6. The third-order valence-corrected chi connectivity index (χ3v) is 6.04. The van der Waals surface area contributed by atoms with Gasteiger partial charge in [-0.05, 0) is 76.7 Å². The summed E-state index contributed by atoms with van der Waals surface area (Å²) in [6.45, 7) is 8.50. The molecular formula is C22H33IO4. The number of allylic oxidation sites excluding steroid dienone is 3. The van der Waals surface area contributed by atoms with Crippen LogP contribution in [0.5, 0.6) is 0 Å². The second kappa shape index (κ2) is 10.2.